The summed E-state index contributed by atoms with van der Waals surface area (Å²) in [6.45, 7) is 0. The van der Waals surface area contributed by atoms with Crippen molar-refractivity contribution in [1.29, 1.82) is 0 Å². The fourth-order valence-corrected chi connectivity index (χ4v) is 0. The first-order chi connectivity index (χ1) is 1.73. The number of quaternary nitrogens is 1. The molecule has 0 aromatic heterocycles. The fourth-order valence-electron chi connectivity index (χ4n) is 0. The molecule has 5 heavy (non-hydrogen) atoms. The molecule has 4 nitrogen and oxygen atoms in total. The van der Waals surface area contributed by atoms with Crippen LogP contribution in [0.4, 0.5) is 0 Å². The quantitative estimate of drug-likeness (QED) is 0.268. The first-order valence-corrected chi connectivity index (χ1v) is 0.651. The summed E-state index contributed by atoms with van der Waals surface area (Å²) in [6, 6.07) is 0. The van der Waals surface area contributed by atoms with Crippen LogP contribution in [0, 0.1) is 5.21 Å². The minimum absolute atomic E-state index is 0. The second kappa shape index (κ2) is 4.13. The molecule has 0 aliphatic rings. The monoisotopic (exact) mass is 100.0 g/mol. The van der Waals surface area contributed by atoms with Gasteiger partial charge in [0.25, 0.3) is 0 Å². The van der Waals surface area contributed by atoms with Gasteiger partial charge in [0.1, 0.15) is 0 Å². The molecule has 5 heteroatoms. The van der Waals surface area contributed by atoms with Crippen LogP contribution in [0.15, 0.2) is 0 Å². The predicted molar refractivity (Wildman–Crippen MR) is 7.90 cm³/mol. The van der Waals surface area contributed by atoms with Crippen LogP contribution in [-0.2, 0) is 0 Å². The highest BCUT2D eigenvalue weighted by Crippen LogP contribution is 0.898. The van der Waals surface area contributed by atoms with E-state index in [1.165, 1.54) is 0 Å². The van der Waals surface area contributed by atoms with Crippen LogP contribution in [0.2, 0.25) is 0 Å². The third-order valence-electron chi connectivity index (χ3n) is 0. The van der Waals surface area contributed by atoms with E-state index in [-0.39, 0.29) is 12.4 Å². The molecule has 0 amide bonds. The third kappa shape index (κ3) is 1110. The zero-order chi connectivity index (χ0) is 3.58. The first-order valence-electron chi connectivity index (χ1n) is 0.651. The maximum Gasteiger partial charge on any atom is -0.0863 e. The van der Waals surface area contributed by atoms with Crippen molar-refractivity contribution >= 4 is 0 Å². The van der Waals surface area contributed by atoms with Crippen molar-refractivity contribution in [2.45, 2.75) is 0 Å². The van der Waals surface area contributed by atoms with Crippen molar-refractivity contribution in [2.75, 3.05) is 0 Å². The Hall–Kier alpha value is 0.130. The van der Waals surface area contributed by atoms with Gasteiger partial charge in [0.15, 0.2) is 0 Å². The van der Waals surface area contributed by atoms with E-state index < -0.39 is 5.39 Å². The second-order valence-electron chi connectivity index (χ2n) is 0.283. The highest BCUT2D eigenvalue weighted by molar-refractivity contribution is 3.70. The molecule has 0 bridgehead atoms. The molecule has 0 aromatic rings. The molecule has 0 unspecified atom stereocenters. The van der Waals surface area contributed by atoms with E-state index in [4.69, 9.17) is 15.6 Å². The third-order valence-corrected chi connectivity index (χ3v) is 0. The molecule has 0 heterocycles. The largest absolute Gasteiger partial charge is 1.00 e. The molecule has 0 spiro atoms. The minimum atomic E-state index is -1.83. The molecule has 0 aliphatic heterocycles. The summed E-state index contributed by atoms with van der Waals surface area (Å²) in [5.74, 6) is 0. The topological polar surface area (TPSA) is 68.0 Å². The second-order valence-corrected chi connectivity index (χ2v) is 0.283. The Balaban J connectivity index is 0. The van der Waals surface area contributed by atoms with Crippen LogP contribution in [0.25, 0.3) is 0 Å². The van der Waals surface area contributed by atoms with Crippen molar-refractivity contribution in [2.24, 2.45) is 0 Å². The van der Waals surface area contributed by atoms with E-state index in [2.05, 4.69) is 0 Å². The molecule has 34 valence electrons. The van der Waals surface area contributed by atoms with Crippen molar-refractivity contribution < 1.29 is 28.2 Å². The van der Waals surface area contributed by atoms with Gasteiger partial charge in [-0.3, -0.25) is 0 Å². The Bertz CT molecular complexity index is 11.6. The maximum absolute atomic E-state index is 8.56. The van der Waals surface area contributed by atoms with E-state index >= 15 is 0 Å². The van der Waals surface area contributed by atoms with Gasteiger partial charge >= 0.3 is 0 Å². The molecule has 0 radical (unpaired) electrons. The number of rotatable bonds is 0. The van der Waals surface area contributed by atoms with Gasteiger partial charge in [-0.15, -0.1) is 0 Å². The van der Waals surface area contributed by atoms with Gasteiger partial charge < -0.3 is 17.6 Å². The number of nitrogens with one attached hydrogen (secondary N) is 1. The van der Waals surface area contributed by atoms with Crippen LogP contribution in [0.3, 0.4) is 0 Å². The van der Waals surface area contributed by atoms with Crippen LogP contribution in [-0.4, -0.2) is 10.4 Å². The predicted octanol–water partition coefficient (Wildman–Crippen LogP) is -4.85. The average Bonchev–Trinajstić information content (AvgIpc) is 0.811. The van der Waals surface area contributed by atoms with E-state index in [0.29, 0.717) is 0 Å². The molecule has 3 N–H and O–H groups in total. The SMILES string of the molecule is [Cl-].[O-][NH+](O)O. The lowest BCUT2D eigenvalue weighted by molar-refractivity contribution is -1.20. The summed E-state index contributed by atoms with van der Waals surface area (Å²) in [5, 5.41) is 20.7. The van der Waals surface area contributed by atoms with Crippen molar-refractivity contribution in [3.63, 3.8) is 0 Å². The molecular weight excluding hydrogens is 97.5 g/mol. The molecule has 0 saturated carbocycles. The molecule has 0 atom stereocenters. The average molecular weight is 100 g/mol. The molecule has 0 rings (SSSR count). The lowest BCUT2D eigenvalue weighted by atomic mass is 13.0. The van der Waals surface area contributed by atoms with Gasteiger partial charge in [-0.2, -0.15) is 10.4 Å². The molecule has 0 saturated heterocycles. The lowest BCUT2D eigenvalue weighted by Crippen LogP contribution is -3.01. The van der Waals surface area contributed by atoms with Gasteiger partial charge in [-0.1, -0.05) is 5.39 Å². The van der Waals surface area contributed by atoms with Crippen LogP contribution in [0.5, 0.6) is 0 Å². The number of halogens is 1. The van der Waals surface area contributed by atoms with Gasteiger partial charge in [0, 0.05) is 0 Å². The van der Waals surface area contributed by atoms with E-state index in [1.807, 2.05) is 0 Å². The summed E-state index contributed by atoms with van der Waals surface area (Å²) in [6.07, 6.45) is 0. The summed E-state index contributed by atoms with van der Waals surface area (Å²) in [4.78, 5) is 0. The first kappa shape index (κ1) is 8.93. The number of hydrogen-bond donors (Lipinski definition) is 3. The molecule has 0 fully saturated rings. The van der Waals surface area contributed by atoms with E-state index in [1.54, 1.807) is 0 Å². The summed E-state index contributed by atoms with van der Waals surface area (Å²) < 4.78 is 0. The standard InChI is InChI=1S/ClH.H3NO3/c;2-1(3)4/h1H;1-3H/p-1. The van der Waals surface area contributed by atoms with Crippen LogP contribution in [0.1, 0.15) is 0 Å². The Kier molecular flexibility index (Phi) is 7.38. The highest BCUT2D eigenvalue weighted by atomic mass is 35.5. The maximum atomic E-state index is 8.56. The minimum Gasteiger partial charge on any atom is -1.00 e. The Morgan fingerprint density at radius 2 is 1.40 bits per heavy atom. The summed E-state index contributed by atoms with van der Waals surface area (Å²) in [7, 11) is 0. The van der Waals surface area contributed by atoms with Gasteiger partial charge in [-0.05, 0) is 0 Å². The van der Waals surface area contributed by atoms with Crippen molar-refractivity contribution in [1.82, 2.24) is 0 Å². The highest BCUT2D eigenvalue weighted by Gasteiger charge is 1.55. The van der Waals surface area contributed by atoms with Gasteiger partial charge in [-0.25, -0.2) is 0 Å². The molecular formula is H3ClNO3-. The van der Waals surface area contributed by atoms with Crippen molar-refractivity contribution in [3.05, 3.63) is 5.21 Å². The normalized spacial score (nSPS) is 7.20. The molecule has 0 aliphatic carbocycles. The Morgan fingerprint density at radius 3 is 1.40 bits per heavy atom. The van der Waals surface area contributed by atoms with Gasteiger partial charge in [0.2, 0.25) is 0 Å². The smallest absolute Gasteiger partial charge is 0.0863 e. The van der Waals surface area contributed by atoms with Crippen LogP contribution >= 0.6 is 0 Å². The zero-order valence-electron chi connectivity index (χ0n) is 2.18. The van der Waals surface area contributed by atoms with Crippen molar-refractivity contribution in [3.8, 4) is 0 Å². The summed E-state index contributed by atoms with van der Waals surface area (Å²) in [5.41, 5.74) is 0. The van der Waals surface area contributed by atoms with Crippen LogP contribution < -0.4 is 17.8 Å². The fraction of sp³-hybridized carbons (Fsp3) is 0. The van der Waals surface area contributed by atoms with E-state index in [0.717, 1.165) is 0 Å². The van der Waals surface area contributed by atoms with E-state index in [9.17, 15) is 0 Å². The lowest BCUT2D eigenvalue weighted by Gasteiger charge is -1.94. The Morgan fingerprint density at radius 1 is 1.40 bits per heavy atom. The zero-order valence-corrected chi connectivity index (χ0v) is 2.94. The Labute approximate surface area is 34.5 Å². The van der Waals surface area contributed by atoms with Gasteiger partial charge in [0.05, 0.1) is 0 Å². The number of hydrogen-bond acceptors (Lipinski definition) is 3. The molecule has 0 aromatic carbocycles. The summed E-state index contributed by atoms with van der Waals surface area (Å²) >= 11 is 0.